The zero-order valence-corrected chi connectivity index (χ0v) is 17.2. The van der Waals surface area contributed by atoms with Gasteiger partial charge in [0.15, 0.2) is 0 Å². The van der Waals surface area contributed by atoms with Crippen LogP contribution >= 0.6 is 0 Å². The Hall–Kier alpha value is -3.15. The van der Waals surface area contributed by atoms with Gasteiger partial charge in [-0.15, -0.1) is 0 Å². The summed E-state index contributed by atoms with van der Waals surface area (Å²) in [5, 5.41) is 0. The monoisotopic (exact) mass is 389 g/mol. The summed E-state index contributed by atoms with van der Waals surface area (Å²) < 4.78 is 2.26. The lowest BCUT2D eigenvalue weighted by Crippen LogP contribution is -2.49. The van der Waals surface area contributed by atoms with E-state index >= 15 is 0 Å². The van der Waals surface area contributed by atoms with Crippen molar-refractivity contribution < 1.29 is 4.79 Å². The molecule has 1 aliphatic rings. The molecule has 1 aromatic carbocycles. The van der Waals surface area contributed by atoms with Gasteiger partial charge in [0.25, 0.3) is 5.91 Å². The maximum atomic E-state index is 13.3. The van der Waals surface area contributed by atoms with E-state index in [0.29, 0.717) is 13.1 Å². The molecule has 2 aromatic heterocycles. The second-order valence-corrected chi connectivity index (χ2v) is 7.58. The van der Waals surface area contributed by atoms with Gasteiger partial charge in [-0.2, -0.15) is 0 Å². The van der Waals surface area contributed by atoms with Crippen LogP contribution in [0.5, 0.6) is 0 Å². The van der Waals surface area contributed by atoms with Gasteiger partial charge in [0, 0.05) is 50.0 Å². The van der Waals surface area contributed by atoms with Crippen LogP contribution in [0.2, 0.25) is 0 Å². The largest absolute Gasteiger partial charge is 0.352 e. The Labute approximate surface area is 171 Å². The summed E-state index contributed by atoms with van der Waals surface area (Å²) in [5.74, 6) is 0.984. The molecule has 4 rings (SSSR count). The smallest absolute Gasteiger partial charge is 0.255 e. The first-order valence-corrected chi connectivity index (χ1v) is 10.1. The number of benzene rings is 1. The van der Waals surface area contributed by atoms with Crippen molar-refractivity contribution in [1.82, 2.24) is 19.4 Å². The summed E-state index contributed by atoms with van der Waals surface area (Å²) in [4.78, 5) is 25.9. The number of hydrogen-bond acceptors (Lipinski definition) is 4. The van der Waals surface area contributed by atoms with E-state index in [1.165, 1.54) is 5.56 Å². The number of piperazine rings is 1. The molecule has 3 heterocycles. The summed E-state index contributed by atoms with van der Waals surface area (Å²) in [6.07, 6.45) is 5.15. The first-order valence-electron chi connectivity index (χ1n) is 10.1. The van der Waals surface area contributed by atoms with Crippen LogP contribution in [0.1, 0.15) is 40.3 Å². The normalized spacial score (nSPS) is 15.4. The van der Waals surface area contributed by atoms with Crippen molar-refractivity contribution in [3.63, 3.8) is 0 Å². The quantitative estimate of drug-likeness (QED) is 0.686. The highest BCUT2D eigenvalue weighted by Gasteiger charge is 2.26. The predicted molar refractivity (Wildman–Crippen MR) is 114 cm³/mol. The molecule has 1 aliphatic heterocycles. The Bertz CT molecular complexity index is 975. The minimum atomic E-state index is 0.114. The molecule has 0 unspecified atom stereocenters. The van der Waals surface area contributed by atoms with Crippen LogP contribution in [0.15, 0.2) is 55.0 Å². The van der Waals surface area contributed by atoms with E-state index in [9.17, 15) is 4.79 Å². The van der Waals surface area contributed by atoms with Crippen molar-refractivity contribution in [3.05, 3.63) is 77.5 Å². The zero-order valence-electron chi connectivity index (χ0n) is 17.2. The Kier molecular flexibility index (Phi) is 5.34. The fraction of sp³-hybridized carbons (Fsp3) is 0.348. The van der Waals surface area contributed by atoms with Crippen LogP contribution in [-0.2, 0) is 0 Å². The van der Waals surface area contributed by atoms with E-state index in [4.69, 9.17) is 0 Å². The third kappa shape index (κ3) is 3.75. The third-order valence-corrected chi connectivity index (χ3v) is 5.82. The van der Waals surface area contributed by atoms with Gasteiger partial charge >= 0.3 is 0 Å². The second kappa shape index (κ2) is 8.07. The molecule has 0 N–H and O–H groups in total. The minimum Gasteiger partial charge on any atom is -0.352 e. The topological polar surface area (TPSA) is 54.3 Å². The van der Waals surface area contributed by atoms with Gasteiger partial charge in [-0.3, -0.25) is 9.78 Å². The SMILES string of the molecule is Cc1cc(C(=O)N2CCN(c3cnccn3)CC2)c(C)n1[C@@H](C)c1ccccc1. The highest BCUT2D eigenvalue weighted by Crippen LogP contribution is 2.26. The van der Waals surface area contributed by atoms with Gasteiger partial charge in [-0.05, 0) is 32.4 Å². The fourth-order valence-corrected chi connectivity index (χ4v) is 4.23. The number of carbonyl (C=O) groups excluding carboxylic acids is 1. The van der Waals surface area contributed by atoms with Crippen molar-refractivity contribution in [2.24, 2.45) is 0 Å². The van der Waals surface area contributed by atoms with Crippen LogP contribution in [0, 0.1) is 13.8 Å². The molecule has 0 bridgehead atoms. The maximum absolute atomic E-state index is 13.3. The number of amides is 1. The molecule has 150 valence electrons. The third-order valence-electron chi connectivity index (χ3n) is 5.82. The van der Waals surface area contributed by atoms with Crippen molar-refractivity contribution >= 4 is 11.7 Å². The number of hydrogen-bond donors (Lipinski definition) is 0. The van der Waals surface area contributed by atoms with E-state index in [1.807, 2.05) is 17.0 Å². The van der Waals surface area contributed by atoms with Crippen molar-refractivity contribution in [2.45, 2.75) is 26.8 Å². The predicted octanol–water partition coefficient (Wildman–Crippen LogP) is 3.47. The van der Waals surface area contributed by atoms with Crippen LogP contribution < -0.4 is 4.90 Å². The molecule has 3 aromatic rings. The second-order valence-electron chi connectivity index (χ2n) is 7.58. The first kappa shape index (κ1) is 19.2. The number of carbonyl (C=O) groups is 1. The standard InChI is InChI=1S/C23H27N5O/c1-17-15-21(19(3)28(17)18(2)20-7-5-4-6-8-20)23(29)27-13-11-26(12-14-27)22-16-24-9-10-25-22/h4-10,15-16,18H,11-14H2,1-3H3/t18-/m0/s1. The van der Waals surface area contributed by atoms with Crippen LogP contribution in [0.3, 0.4) is 0 Å². The molecular weight excluding hydrogens is 362 g/mol. The highest BCUT2D eigenvalue weighted by molar-refractivity contribution is 5.96. The van der Waals surface area contributed by atoms with E-state index < -0.39 is 0 Å². The zero-order chi connectivity index (χ0) is 20.4. The molecule has 1 atom stereocenters. The average Bonchev–Trinajstić information content (AvgIpc) is 3.08. The van der Waals surface area contributed by atoms with E-state index in [1.54, 1.807) is 18.6 Å². The van der Waals surface area contributed by atoms with E-state index in [0.717, 1.165) is 35.9 Å². The highest BCUT2D eigenvalue weighted by atomic mass is 16.2. The molecule has 0 radical (unpaired) electrons. The molecule has 6 nitrogen and oxygen atoms in total. The number of rotatable bonds is 4. The van der Waals surface area contributed by atoms with Gasteiger partial charge in [-0.25, -0.2) is 4.98 Å². The van der Waals surface area contributed by atoms with Crippen molar-refractivity contribution in [2.75, 3.05) is 31.1 Å². The van der Waals surface area contributed by atoms with Gasteiger partial charge in [-0.1, -0.05) is 30.3 Å². The van der Waals surface area contributed by atoms with Crippen LogP contribution in [0.25, 0.3) is 0 Å². The van der Waals surface area contributed by atoms with Crippen molar-refractivity contribution in [1.29, 1.82) is 0 Å². The lowest BCUT2D eigenvalue weighted by molar-refractivity contribution is 0.0745. The average molecular weight is 390 g/mol. The lowest BCUT2D eigenvalue weighted by atomic mass is 10.1. The summed E-state index contributed by atoms with van der Waals surface area (Å²) in [5.41, 5.74) is 4.18. The van der Waals surface area contributed by atoms with Gasteiger partial charge < -0.3 is 14.4 Å². The minimum absolute atomic E-state index is 0.114. The van der Waals surface area contributed by atoms with Gasteiger partial charge in [0.05, 0.1) is 17.8 Å². The number of aryl methyl sites for hydroxylation is 1. The number of anilines is 1. The first-order chi connectivity index (χ1) is 14.1. The van der Waals surface area contributed by atoms with Crippen LogP contribution in [-0.4, -0.2) is 51.5 Å². The molecule has 1 amide bonds. The molecule has 6 heteroatoms. The molecule has 29 heavy (non-hydrogen) atoms. The molecule has 0 aliphatic carbocycles. The van der Waals surface area contributed by atoms with Gasteiger partial charge in [0.1, 0.15) is 5.82 Å². The van der Waals surface area contributed by atoms with E-state index in [-0.39, 0.29) is 11.9 Å². The summed E-state index contributed by atoms with van der Waals surface area (Å²) in [6.45, 7) is 9.22. The summed E-state index contributed by atoms with van der Waals surface area (Å²) in [6, 6.07) is 12.6. The molecule has 0 saturated carbocycles. The van der Waals surface area contributed by atoms with Crippen LogP contribution in [0.4, 0.5) is 5.82 Å². The number of nitrogens with zero attached hydrogens (tertiary/aromatic N) is 5. The summed E-state index contributed by atoms with van der Waals surface area (Å²) >= 11 is 0. The Morgan fingerprint density at radius 3 is 2.41 bits per heavy atom. The Morgan fingerprint density at radius 1 is 1.03 bits per heavy atom. The molecule has 0 spiro atoms. The number of aromatic nitrogens is 3. The molecule has 1 saturated heterocycles. The van der Waals surface area contributed by atoms with Crippen molar-refractivity contribution in [3.8, 4) is 0 Å². The van der Waals surface area contributed by atoms with E-state index in [2.05, 4.69) is 64.5 Å². The molecule has 1 fully saturated rings. The fourth-order valence-electron chi connectivity index (χ4n) is 4.23. The Balaban J connectivity index is 1.50. The lowest BCUT2D eigenvalue weighted by Gasteiger charge is -2.35. The Morgan fingerprint density at radius 2 is 1.76 bits per heavy atom. The maximum Gasteiger partial charge on any atom is 0.255 e. The van der Waals surface area contributed by atoms with Gasteiger partial charge in [0.2, 0.25) is 0 Å². The molecular formula is C23H27N5O. The summed E-state index contributed by atoms with van der Waals surface area (Å²) in [7, 11) is 0.